The highest BCUT2D eigenvalue weighted by Crippen LogP contribution is 2.15. The van der Waals surface area contributed by atoms with E-state index in [-0.39, 0.29) is 6.10 Å². The molecule has 1 atom stereocenters. The zero-order valence-electron chi connectivity index (χ0n) is 13.6. The van der Waals surface area contributed by atoms with E-state index in [0.717, 1.165) is 12.3 Å². The molecule has 0 bridgehead atoms. The monoisotopic (exact) mass is 277 g/mol. The molecular formula is C18H31NO. The molecule has 0 aliphatic rings. The molecule has 1 aromatic carbocycles. The van der Waals surface area contributed by atoms with Crippen LogP contribution >= 0.6 is 0 Å². The lowest BCUT2D eigenvalue weighted by atomic mass is 10.1. The minimum absolute atomic E-state index is 0.232. The lowest BCUT2D eigenvalue weighted by Gasteiger charge is -2.17. The fourth-order valence-corrected chi connectivity index (χ4v) is 2.35. The number of ether oxygens (including phenoxy) is 1. The van der Waals surface area contributed by atoms with E-state index in [4.69, 9.17) is 4.74 Å². The average molecular weight is 277 g/mol. The SMILES string of the molecule is CCCCCC(CC)NCc1cccc(OC(C)C)c1. The van der Waals surface area contributed by atoms with Crippen LogP contribution in [-0.4, -0.2) is 12.1 Å². The van der Waals surface area contributed by atoms with Gasteiger partial charge in [-0.2, -0.15) is 0 Å². The normalized spacial score (nSPS) is 12.7. The van der Waals surface area contributed by atoms with Crippen LogP contribution in [0.5, 0.6) is 5.75 Å². The molecule has 114 valence electrons. The maximum atomic E-state index is 5.74. The number of hydrogen-bond donors (Lipinski definition) is 1. The van der Waals surface area contributed by atoms with Crippen LogP contribution in [0.2, 0.25) is 0 Å². The maximum Gasteiger partial charge on any atom is 0.120 e. The summed E-state index contributed by atoms with van der Waals surface area (Å²) in [6.07, 6.45) is 6.69. The minimum atomic E-state index is 0.232. The molecule has 0 heterocycles. The summed E-state index contributed by atoms with van der Waals surface area (Å²) >= 11 is 0. The van der Waals surface area contributed by atoms with Gasteiger partial charge in [0.25, 0.3) is 0 Å². The molecule has 0 fully saturated rings. The van der Waals surface area contributed by atoms with E-state index < -0.39 is 0 Å². The molecule has 0 saturated carbocycles. The molecule has 0 spiro atoms. The highest BCUT2D eigenvalue weighted by Gasteiger charge is 2.06. The Morgan fingerprint density at radius 1 is 1.15 bits per heavy atom. The largest absolute Gasteiger partial charge is 0.491 e. The topological polar surface area (TPSA) is 21.3 Å². The van der Waals surface area contributed by atoms with Crippen molar-refractivity contribution >= 4 is 0 Å². The van der Waals surface area contributed by atoms with Gasteiger partial charge in [0.1, 0.15) is 5.75 Å². The van der Waals surface area contributed by atoms with Crippen LogP contribution in [-0.2, 0) is 6.54 Å². The summed E-state index contributed by atoms with van der Waals surface area (Å²) in [7, 11) is 0. The molecule has 0 amide bonds. The van der Waals surface area contributed by atoms with Crippen LogP contribution in [0.1, 0.15) is 65.4 Å². The van der Waals surface area contributed by atoms with Crippen molar-refractivity contribution < 1.29 is 4.74 Å². The average Bonchev–Trinajstić information content (AvgIpc) is 2.42. The molecule has 20 heavy (non-hydrogen) atoms. The standard InChI is InChI=1S/C18H31NO/c1-5-7-8-11-17(6-2)19-14-16-10-9-12-18(13-16)20-15(3)4/h9-10,12-13,15,17,19H,5-8,11,14H2,1-4H3. The van der Waals surface area contributed by atoms with Crippen molar-refractivity contribution in [2.75, 3.05) is 0 Å². The molecule has 0 aromatic heterocycles. The maximum absolute atomic E-state index is 5.74. The van der Waals surface area contributed by atoms with Gasteiger partial charge in [-0.25, -0.2) is 0 Å². The second-order valence-corrected chi connectivity index (χ2v) is 5.80. The highest BCUT2D eigenvalue weighted by atomic mass is 16.5. The third kappa shape index (κ3) is 6.95. The van der Waals surface area contributed by atoms with E-state index in [1.54, 1.807) is 0 Å². The Morgan fingerprint density at radius 2 is 1.95 bits per heavy atom. The third-order valence-electron chi connectivity index (χ3n) is 3.51. The van der Waals surface area contributed by atoms with Crippen LogP contribution in [0.25, 0.3) is 0 Å². The van der Waals surface area contributed by atoms with Gasteiger partial charge in [-0.05, 0) is 44.4 Å². The van der Waals surface area contributed by atoms with E-state index in [1.165, 1.54) is 37.7 Å². The fraction of sp³-hybridized carbons (Fsp3) is 0.667. The lowest BCUT2D eigenvalue weighted by molar-refractivity contribution is 0.242. The van der Waals surface area contributed by atoms with E-state index in [0.29, 0.717) is 6.04 Å². The first-order valence-electron chi connectivity index (χ1n) is 8.14. The van der Waals surface area contributed by atoms with Crippen LogP contribution in [0.4, 0.5) is 0 Å². The first kappa shape index (κ1) is 17.0. The smallest absolute Gasteiger partial charge is 0.120 e. The molecular weight excluding hydrogens is 246 g/mol. The van der Waals surface area contributed by atoms with Crippen LogP contribution < -0.4 is 10.1 Å². The van der Waals surface area contributed by atoms with Crippen LogP contribution in [0, 0.1) is 0 Å². The predicted molar refractivity (Wildman–Crippen MR) is 87.3 cm³/mol. The second kappa shape index (κ2) is 9.82. The van der Waals surface area contributed by atoms with Gasteiger partial charge in [0.15, 0.2) is 0 Å². The summed E-state index contributed by atoms with van der Waals surface area (Å²) < 4.78 is 5.74. The second-order valence-electron chi connectivity index (χ2n) is 5.80. The Hall–Kier alpha value is -1.02. The quantitative estimate of drug-likeness (QED) is 0.613. The highest BCUT2D eigenvalue weighted by molar-refractivity contribution is 5.28. The van der Waals surface area contributed by atoms with Gasteiger partial charge in [-0.1, -0.05) is 45.2 Å². The fourth-order valence-electron chi connectivity index (χ4n) is 2.35. The van der Waals surface area contributed by atoms with E-state index in [1.807, 2.05) is 6.07 Å². The minimum Gasteiger partial charge on any atom is -0.491 e. The van der Waals surface area contributed by atoms with E-state index >= 15 is 0 Å². The van der Waals surface area contributed by atoms with Crippen LogP contribution in [0.15, 0.2) is 24.3 Å². The Morgan fingerprint density at radius 3 is 2.60 bits per heavy atom. The Labute approximate surface area is 124 Å². The van der Waals surface area contributed by atoms with Crippen molar-refractivity contribution in [3.05, 3.63) is 29.8 Å². The summed E-state index contributed by atoms with van der Waals surface area (Å²) in [6, 6.07) is 9.05. The third-order valence-corrected chi connectivity index (χ3v) is 3.51. The molecule has 1 rings (SSSR count). The summed E-state index contributed by atoms with van der Waals surface area (Å²) in [6.45, 7) is 9.58. The zero-order valence-corrected chi connectivity index (χ0v) is 13.6. The number of unbranched alkanes of at least 4 members (excludes halogenated alkanes) is 2. The summed E-state index contributed by atoms with van der Waals surface area (Å²) in [5, 5.41) is 3.67. The molecule has 0 radical (unpaired) electrons. The van der Waals surface area contributed by atoms with E-state index in [9.17, 15) is 0 Å². The number of rotatable bonds is 10. The van der Waals surface area contributed by atoms with Crippen LogP contribution in [0.3, 0.4) is 0 Å². The van der Waals surface area contributed by atoms with Gasteiger partial charge in [0.2, 0.25) is 0 Å². The molecule has 0 saturated heterocycles. The zero-order chi connectivity index (χ0) is 14.8. The van der Waals surface area contributed by atoms with Crippen molar-refractivity contribution in [1.29, 1.82) is 0 Å². The molecule has 0 aliphatic carbocycles. The van der Waals surface area contributed by atoms with Gasteiger partial charge >= 0.3 is 0 Å². The summed E-state index contributed by atoms with van der Waals surface area (Å²) in [5.41, 5.74) is 1.30. The molecule has 1 aromatic rings. The first-order chi connectivity index (χ1) is 9.65. The van der Waals surface area contributed by atoms with Gasteiger partial charge in [0, 0.05) is 12.6 Å². The molecule has 2 nitrogen and oxygen atoms in total. The van der Waals surface area contributed by atoms with Gasteiger partial charge in [0.05, 0.1) is 6.10 Å². The van der Waals surface area contributed by atoms with Gasteiger partial charge in [-0.3, -0.25) is 0 Å². The molecule has 1 N–H and O–H groups in total. The Bertz CT molecular complexity index is 362. The van der Waals surface area contributed by atoms with Gasteiger partial charge in [-0.15, -0.1) is 0 Å². The summed E-state index contributed by atoms with van der Waals surface area (Å²) in [5.74, 6) is 0.971. The van der Waals surface area contributed by atoms with Crippen molar-refractivity contribution in [2.45, 2.75) is 78.5 Å². The van der Waals surface area contributed by atoms with E-state index in [2.05, 4.69) is 51.2 Å². The summed E-state index contributed by atoms with van der Waals surface area (Å²) in [4.78, 5) is 0. The number of hydrogen-bond acceptors (Lipinski definition) is 2. The Kier molecular flexibility index (Phi) is 8.36. The predicted octanol–water partition coefficient (Wildman–Crippen LogP) is 4.92. The molecule has 1 unspecified atom stereocenters. The van der Waals surface area contributed by atoms with Gasteiger partial charge < -0.3 is 10.1 Å². The van der Waals surface area contributed by atoms with Crippen molar-refractivity contribution in [1.82, 2.24) is 5.32 Å². The van der Waals surface area contributed by atoms with Crippen molar-refractivity contribution in [3.63, 3.8) is 0 Å². The number of nitrogens with one attached hydrogen (secondary N) is 1. The number of benzene rings is 1. The van der Waals surface area contributed by atoms with Crippen molar-refractivity contribution in [3.8, 4) is 5.75 Å². The van der Waals surface area contributed by atoms with Crippen molar-refractivity contribution in [2.24, 2.45) is 0 Å². The molecule has 2 heteroatoms. The molecule has 0 aliphatic heterocycles. The lowest BCUT2D eigenvalue weighted by Crippen LogP contribution is -2.27. The first-order valence-corrected chi connectivity index (χ1v) is 8.14. The Balaban J connectivity index is 2.42.